The van der Waals surface area contributed by atoms with Crippen LogP contribution in [-0.4, -0.2) is 35.0 Å². The van der Waals surface area contributed by atoms with Gasteiger partial charge in [0.15, 0.2) is 0 Å². The third-order valence-corrected chi connectivity index (χ3v) is 4.74. The fraction of sp³-hybridized carbons (Fsp3) is 0.130. The first kappa shape index (κ1) is 18.6. The molecule has 2 aromatic heterocycles. The smallest absolute Gasteiger partial charge is 0.328 e. The summed E-state index contributed by atoms with van der Waals surface area (Å²) in [5.74, 6) is -0.910. The van der Waals surface area contributed by atoms with Crippen molar-refractivity contribution < 1.29 is 14.3 Å². The summed E-state index contributed by atoms with van der Waals surface area (Å²) >= 11 is 0. The van der Waals surface area contributed by atoms with E-state index >= 15 is 0 Å². The predicted octanol–water partition coefficient (Wildman–Crippen LogP) is 3.30. The van der Waals surface area contributed by atoms with Crippen molar-refractivity contribution in [2.24, 2.45) is 0 Å². The SMILES string of the molecule is COC(=O)[C@@H](Cc1ccc2ccccc2n1)NC(=O)c1cccc2cccnc12. The van der Waals surface area contributed by atoms with Gasteiger partial charge in [-0.25, -0.2) is 4.79 Å². The van der Waals surface area contributed by atoms with Gasteiger partial charge in [0, 0.05) is 29.1 Å². The minimum Gasteiger partial charge on any atom is -0.467 e. The Hall–Kier alpha value is -3.80. The minimum atomic E-state index is -0.861. The molecule has 0 aliphatic heterocycles. The maximum absolute atomic E-state index is 12.9. The van der Waals surface area contributed by atoms with Gasteiger partial charge in [-0.2, -0.15) is 0 Å². The highest BCUT2D eigenvalue weighted by Gasteiger charge is 2.24. The number of fused-ring (bicyclic) bond motifs is 2. The third-order valence-electron chi connectivity index (χ3n) is 4.74. The molecule has 0 aliphatic rings. The molecule has 0 spiro atoms. The molecule has 1 atom stereocenters. The minimum absolute atomic E-state index is 0.224. The lowest BCUT2D eigenvalue weighted by molar-refractivity contribution is -0.142. The van der Waals surface area contributed by atoms with E-state index in [9.17, 15) is 9.59 Å². The van der Waals surface area contributed by atoms with Gasteiger partial charge in [-0.15, -0.1) is 0 Å². The summed E-state index contributed by atoms with van der Waals surface area (Å²) < 4.78 is 4.90. The number of nitrogens with zero attached hydrogens (tertiary/aromatic N) is 2. The number of hydrogen-bond donors (Lipinski definition) is 1. The van der Waals surface area contributed by atoms with Crippen LogP contribution < -0.4 is 5.32 Å². The molecule has 0 unspecified atom stereocenters. The Kier molecular flexibility index (Phi) is 5.16. The van der Waals surface area contributed by atoms with E-state index in [0.717, 1.165) is 16.3 Å². The maximum atomic E-state index is 12.9. The van der Waals surface area contributed by atoms with Gasteiger partial charge >= 0.3 is 5.97 Å². The van der Waals surface area contributed by atoms with Gasteiger partial charge in [0.05, 0.1) is 23.7 Å². The average molecular weight is 385 g/mol. The van der Waals surface area contributed by atoms with Gasteiger partial charge in [-0.3, -0.25) is 14.8 Å². The highest BCUT2D eigenvalue weighted by Crippen LogP contribution is 2.17. The highest BCUT2D eigenvalue weighted by molar-refractivity contribution is 6.06. The van der Waals surface area contributed by atoms with E-state index in [4.69, 9.17) is 4.74 Å². The lowest BCUT2D eigenvalue weighted by atomic mass is 10.1. The first-order valence-electron chi connectivity index (χ1n) is 9.23. The molecule has 6 heteroatoms. The molecule has 144 valence electrons. The Bertz CT molecular complexity index is 1200. The number of pyridine rings is 2. The fourth-order valence-corrected chi connectivity index (χ4v) is 3.29. The normalized spacial score (nSPS) is 11.9. The summed E-state index contributed by atoms with van der Waals surface area (Å²) in [4.78, 5) is 34.1. The van der Waals surface area contributed by atoms with Gasteiger partial charge in [-0.1, -0.05) is 42.5 Å². The predicted molar refractivity (Wildman–Crippen MR) is 110 cm³/mol. The van der Waals surface area contributed by atoms with E-state index < -0.39 is 12.0 Å². The van der Waals surface area contributed by atoms with E-state index in [1.807, 2.05) is 54.6 Å². The molecule has 2 heterocycles. The summed E-state index contributed by atoms with van der Waals surface area (Å²) in [6.45, 7) is 0. The lowest BCUT2D eigenvalue weighted by Crippen LogP contribution is -2.43. The number of para-hydroxylation sites is 2. The quantitative estimate of drug-likeness (QED) is 0.533. The van der Waals surface area contributed by atoms with Crippen LogP contribution in [0.3, 0.4) is 0 Å². The van der Waals surface area contributed by atoms with Crippen LogP contribution in [0.2, 0.25) is 0 Å². The molecule has 0 aliphatic carbocycles. The Morgan fingerprint density at radius 1 is 0.966 bits per heavy atom. The Morgan fingerprint density at radius 3 is 2.62 bits per heavy atom. The fourth-order valence-electron chi connectivity index (χ4n) is 3.29. The number of ether oxygens (including phenoxy) is 1. The van der Waals surface area contributed by atoms with Gasteiger partial charge in [0.2, 0.25) is 0 Å². The molecule has 4 rings (SSSR count). The van der Waals surface area contributed by atoms with Crippen LogP contribution in [0.25, 0.3) is 21.8 Å². The van der Waals surface area contributed by atoms with Crippen molar-refractivity contribution in [3.8, 4) is 0 Å². The maximum Gasteiger partial charge on any atom is 0.328 e. The number of esters is 1. The zero-order chi connectivity index (χ0) is 20.2. The number of methoxy groups -OCH3 is 1. The van der Waals surface area contributed by atoms with Gasteiger partial charge in [0.25, 0.3) is 5.91 Å². The molecule has 0 saturated carbocycles. The van der Waals surface area contributed by atoms with Gasteiger partial charge in [-0.05, 0) is 24.3 Å². The number of amides is 1. The second-order valence-electron chi connectivity index (χ2n) is 6.63. The number of hydrogen-bond acceptors (Lipinski definition) is 5. The standard InChI is InChI=1S/C23H19N3O3/c1-29-23(28)20(14-17-12-11-15-6-2-3-10-19(15)25-17)26-22(27)18-9-4-7-16-8-5-13-24-21(16)18/h2-13,20H,14H2,1H3,(H,26,27)/t20-/m1/s1. The van der Waals surface area contributed by atoms with Crippen molar-refractivity contribution in [1.82, 2.24) is 15.3 Å². The van der Waals surface area contributed by atoms with Crippen molar-refractivity contribution in [2.45, 2.75) is 12.5 Å². The van der Waals surface area contributed by atoms with Crippen LogP contribution in [-0.2, 0) is 16.0 Å². The van der Waals surface area contributed by atoms with E-state index in [2.05, 4.69) is 15.3 Å². The second-order valence-corrected chi connectivity index (χ2v) is 6.63. The number of carbonyl (C=O) groups excluding carboxylic acids is 2. The summed E-state index contributed by atoms with van der Waals surface area (Å²) in [6, 6.07) is 19.7. The van der Waals surface area contributed by atoms with Crippen molar-refractivity contribution in [3.63, 3.8) is 0 Å². The summed E-state index contributed by atoms with van der Waals surface area (Å²) in [5, 5.41) is 4.64. The van der Waals surface area contributed by atoms with Crippen LogP contribution in [0.1, 0.15) is 16.1 Å². The molecular weight excluding hydrogens is 366 g/mol. The van der Waals surface area contributed by atoms with Crippen LogP contribution in [0.5, 0.6) is 0 Å². The molecule has 0 saturated heterocycles. The Labute approximate surface area is 167 Å². The largest absolute Gasteiger partial charge is 0.467 e. The molecule has 0 bridgehead atoms. The Balaban J connectivity index is 1.61. The molecule has 2 aromatic carbocycles. The lowest BCUT2D eigenvalue weighted by Gasteiger charge is -2.17. The molecule has 6 nitrogen and oxygen atoms in total. The Morgan fingerprint density at radius 2 is 1.76 bits per heavy atom. The zero-order valence-corrected chi connectivity index (χ0v) is 15.8. The third kappa shape index (κ3) is 3.91. The van der Waals surface area contributed by atoms with Crippen LogP contribution in [0.15, 0.2) is 72.9 Å². The van der Waals surface area contributed by atoms with Crippen LogP contribution >= 0.6 is 0 Å². The van der Waals surface area contributed by atoms with Crippen molar-refractivity contribution >= 4 is 33.7 Å². The summed E-state index contributed by atoms with van der Waals surface area (Å²) in [6.07, 6.45) is 1.86. The topological polar surface area (TPSA) is 81.2 Å². The molecule has 1 amide bonds. The first-order chi connectivity index (χ1) is 14.2. The van der Waals surface area contributed by atoms with E-state index in [0.29, 0.717) is 16.8 Å². The van der Waals surface area contributed by atoms with Crippen LogP contribution in [0.4, 0.5) is 0 Å². The molecule has 29 heavy (non-hydrogen) atoms. The zero-order valence-electron chi connectivity index (χ0n) is 15.8. The first-order valence-corrected chi connectivity index (χ1v) is 9.23. The monoisotopic (exact) mass is 385 g/mol. The number of benzene rings is 2. The molecule has 0 radical (unpaired) electrons. The molecule has 4 aromatic rings. The summed E-state index contributed by atoms with van der Waals surface area (Å²) in [7, 11) is 1.30. The number of rotatable bonds is 5. The van der Waals surface area contributed by atoms with Gasteiger partial charge < -0.3 is 10.1 Å². The van der Waals surface area contributed by atoms with Crippen molar-refractivity contribution in [3.05, 3.63) is 84.2 Å². The van der Waals surface area contributed by atoms with Crippen LogP contribution in [0, 0.1) is 0 Å². The van der Waals surface area contributed by atoms with Gasteiger partial charge in [0.1, 0.15) is 6.04 Å². The number of aromatic nitrogens is 2. The van der Waals surface area contributed by atoms with Crippen molar-refractivity contribution in [1.29, 1.82) is 0 Å². The van der Waals surface area contributed by atoms with Crippen molar-refractivity contribution in [2.75, 3.05) is 7.11 Å². The number of carbonyl (C=O) groups is 2. The van der Waals surface area contributed by atoms with E-state index in [-0.39, 0.29) is 12.3 Å². The average Bonchev–Trinajstić information content (AvgIpc) is 2.77. The summed E-state index contributed by atoms with van der Waals surface area (Å²) in [5.41, 5.74) is 2.51. The van der Waals surface area contributed by atoms with E-state index in [1.54, 1.807) is 18.3 Å². The molecule has 1 N–H and O–H groups in total. The molecular formula is C23H19N3O3. The highest BCUT2D eigenvalue weighted by atomic mass is 16.5. The number of nitrogens with one attached hydrogen (secondary N) is 1. The second kappa shape index (κ2) is 8.06. The van der Waals surface area contributed by atoms with E-state index in [1.165, 1.54) is 7.11 Å². The molecule has 0 fully saturated rings.